The molecule has 0 bridgehead atoms. The van der Waals surface area contributed by atoms with Crippen LogP contribution >= 0.6 is 0 Å². The molecule has 4 nitrogen and oxygen atoms in total. The molecule has 0 aromatic carbocycles. The van der Waals surface area contributed by atoms with E-state index in [4.69, 9.17) is 0 Å². The van der Waals surface area contributed by atoms with Crippen LogP contribution in [0.2, 0.25) is 0 Å². The average Bonchev–Trinajstić information content (AvgIpc) is 2.72. The molecular formula is C14H25N3O. The zero-order valence-electron chi connectivity index (χ0n) is 11.8. The Bertz CT molecular complexity index is 345. The quantitative estimate of drug-likeness (QED) is 0.752. The van der Waals surface area contributed by atoms with Crippen molar-refractivity contribution in [2.24, 2.45) is 0 Å². The number of likely N-dealkylation sites (tertiary alicyclic amines) is 1. The number of hydrogen-bond donors (Lipinski definition) is 1. The second-order valence-corrected chi connectivity index (χ2v) is 5.44. The first kappa shape index (κ1) is 13.6. The van der Waals surface area contributed by atoms with Gasteiger partial charge in [-0.3, -0.25) is 9.69 Å². The molecule has 0 aliphatic carbocycles. The highest BCUT2D eigenvalue weighted by Crippen LogP contribution is 2.18. The summed E-state index contributed by atoms with van der Waals surface area (Å²) in [6.45, 7) is 9.08. The summed E-state index contributed by atoms with van der Waals surface area (Å²) in [4.78, 5) is 16.7. The fourth-order valence-corrected chi connectivity index (χ4v) is 2.87. The van der Waals surface area contributed by atoms with Gasteiger partial charge in [0.1, 0.15) is 0 Å². The van der Waals surface area contributed by atoms with E-state index in [1.807, 2.05) is 18.9 Å². The monoisotopic (exact) mass is 251 g/mol. The van der Waals surface area contributed by atoms with Gasteiger partial charge in [0.15, 0.2) is 0 Å². The van der Waals surface area contributed by atoms with E-state index < -0.39 is 0 Å². The second kappa shape index (κ2) is 5.85. The number of nitrogens with one attached hydrogen (secondary N) is 1. The van der Waals surface area contributed by atoms with E-state index in [2.05, 4.69) is 17.1 Å². The van der Waals surface area contributed by atoms with Crippen molar-refractivity contribution >= 4 is 5.91 Å². The molecular weight excluding hydrogens is 226 g/mol. The van der Waals surface area contributed by atoms with E-state index in [0.717, 1.165) is 31.8 Å². The van der Waals surface area contributed by atoms with Crippen molar-refractivity contribution in [3.05, 3.63) is 11.1 Å². The maximum absolute atomic E-state index is 12.3. The van der Waals surface area contributed by atoms with Gasteiger partial charge in [0.2, 0.25) is 5.91 Å². The van der Waals surface area contributed by atoms with Gasteiger partial charge in [0.05, 0.1) is 0 Å². The average molecular weight is 251 g/mol. The molecule has 1 unspecified atom stereocenters. The molecule has 18 heavy (non-hydrogen) atoms. The lowest BCUT2D eigenvalue weighted by molar-refractivity contribution is -0.126. The number of hydrogen-bond acceptors (Lipinski definition) is 3. The number of carbonyl (C=O) groups is 1. The van der Waals surface area contributed by atoms with Gasteiger partial charge < -0.3 is 10.2 Å². The minimum absolute atomic E-state index is 0.203. The van der Waals surface area contributed by atoms with Gasteiger partial charge in [-0.1, -0.05) is 6.92 Å². The minimum Gasteiger partial charge on any atom is -0.340 e. The van der Waals surface area contributed by atoms with Crippen molar-refractivity contribution in [3.8, 4) is 0 Å². The highest BCUT2D eigenvalue weighted by molar-refractivity contribution is 5.93. The van der Waals surface area contributed by atoms with Gasteiger partial charge in [-0.15, -0.1) is 0 Å². The molecule has 2 aliphatic rings. The Hall–Kier alpha value is -0.870. The fourth-order valence-electron chi connectivity index (χ4n) is 2.87. The topological polar surface area (TPSA) is 35.6 Å². The van der Waals surface area contributed by atoms with Crippen LogP contribution in [0.15, 0.2) is 11.1 Å². The summed E-state index contributed by atoms with van der Waals surface area (Å²) in [5.41, 5.74) is 2.21. The van der Waals surface area contributed by atoms with Crippen molar-refractivity contribution in [2.75, 3.05) is 39.8 Å². The van der Waals surface area contributed by atoms with E-state index in [1.165, 1.54) is 25.0 Å². The molecule has 2 rings (SSSR count). The third kappa shape index (κ3) is 2.75. The number of rotatable bonds is 4. The lowest BCUT2D eigenvalue weighted by Gasteiger charge is -2.29. The second-order valence-electron chi connectivity index (χ2n) is 5.44. The van der Waals surface area contributed by atoms with Gasteiger partial charge in [0, 0.05) is 38.3 Å². The van der Waals surface area contributed by atoms with E-state index in [-0.39, 0.29) is 5.91 Å². The van der Waals surface area contributed by atoms with Gasteiger partial charge in [-0.25, -0.2) is 0 Å². The Balaban J connectivity index is 1.91. The maximum atomic E-state index is 12.3. The molecule has 2 saturated heterocycles. The van der Waals surface area contributed by atoms with Crippen LogP contribution in [0.4, 0.5) is 0 Å². The lowest BCUT2D eigenvalue weighted by atomic mass is 10.0. The summed E-state index contributed by atoms with van der Waals surface area (Å²) in [5, 5.41) is 3.19. The smallest absolute Gasteiger partial charge is 0.249 e. The zero-order chi connectivity index (χ0) is 13.1. The highest BCUT2D eigenvalue weighted by atomic mass is 16.2. The summed E-state index contributed by atoms with van der Waals surface area (Å²) in [6.07, 6.45) is 2.49. The Morgan fingerprint density at radius 1 is 1.50 bits per heavy atom. The van der Waals surface area contributed by atoms with Crippen molar-refractivity contribution in [1.82, 2.24) is 15.1 Å². The largest absolute Gasteiger partial charge is 0.340 e. The summed E-state index contributed by atoms with van der Waals surface area (Å²) >= 11 is 0. The third-order valence-electron chi connectivity index (χ3n) is 4.26. The predicted molar refractivity (Wildman–Crippen MR) is 73.5 cm³/mol. The lowest BCUT2D eigenvalue weighted by Crippen LogP contribution is -2.43. The van der Waals surface area contributed by atoms with Gasteiger partial charge in [0.25, 0.3) is 0 Å². The van der Waals surface area contributed by atoms with Gasteiger partial charge in [-0.05, 0) is 38.4 Å². The zero-order valence-corrected chi connectivity index (χ0v) is 11.8. The summed E-state index contributed by atoms with van der Waals surface area (Å²) in [6, 6.07) is 0.557. The Kier molecular flexibility index (Phi) is 4.40. The van der Waals surface area contributed by atoms with E-state index in [0.29, 0.717) is 6.04 Å². The summed E-state index contributed by atoms with van der Waals surface area (Å²) in [7, 11) is 1.94. The van der Waals surface area contributed by atoms with Gasteiger partial charge in [-0.2, -0.15) is 0 Å². The molecule has 0 spiro atoms. The fraction of sp³-hybridized carbons (Fsp3) is 0.786. The van der Waals surface area contributed by atoms with E-state index >= 15 is 0 Å². The van der Waals surface area contributed by atoms with Crippen LogP contribution in [0.1, 0.15) is 26.7 Å². The minimum atomic E-state index is 0.203. The molecule has 1 N–H and O–H groups in total. The van der Waals surface area contributed by atoms with Crippen LogP contribution in [0.25, 0.3) is 0 Å². The molecule has 102 valence electrons. The van der Waals surface area contributed by atoms with E-state index in [1.54, 1.807) is 0 Å². The van der Waals surface area contributed by atoms with E-state index in [9.17, 15) is 4.79 Å². The Morgan fingerprint density at radius 2 is 2.22 bits per heavy atom. The molecule has 0 aromatic heterocycles. The van der Waals surface area contributed by atoms with Gasteiger partial charge >= 0.3 is 0 Å². The van der Waals surface area contributed by atoms with Crippen LogP contribution in [-0.4, -0.2) is 61.5 Å². The van der Waals surface area contributed by atoms with Crippen LogP contribution in [0.5, 0.6) is 0 Å². The van der Waals surface area contributed by atoms with Crippen molar-refractivity contribution in [2.45, 2.75) is 32.7 Å². The molecule has 1 atom stereocenters. The first-order chi connectivity index (χ1) is 8.63. The molecule has 2 fully saturated rings. The molecule has 4 heteroatoms. The molecule has 0 radical (unpaired) electrons. The number of carbonyl (C=O) groups excluding carboxylic acids is 1. The first-order valence-corrected chi connectivity index (χ1v) is 7.02. The maximum Gasteiger partial charge on any atom is 0.249 e. The van der Waals surface area contributed by atoms with Crippen LogP contribution in [0, 0.1) is 0 Å². The normalized spacial score (nSPS) is 23.9. The number of likely N-dealkylation sites (N-methyl/N-ethyl adjacent to an activating group) is 2. The standard InChI is InChI=1S/C14H25N3O/c1-4-17-7-5-6-13(17)10-16(3)14(18)11(2)12-8-15-9-12/h13,15H,4-10H2,1-3H3. The summed E-state index contributed by atoms with van der Waals surface area (Å²) < 4.78 is 0. The van der Waals surface area contributed by atoms with Crippen molar-refractivity contribution < 1.29 is 4.79 Å². The van der Waals surface area contributed by atoms with Crippen molar-refractivity contribution in [3.63, 3.8) is 0 Å². The molecule has 1 amide bonds. The molecule has 0 saturated carbocycles. The van der Waals surface area contributed by atoms with Crippen LogP contribution < -0.4 is 5.32 Å². The Labute approximate surface area is 110 Å². The van der Waals surface area contributed by atoms with Crippen LogP contribution in [-0.2, 0) is 4.79 Å². The number of nitrogens with zero attached hydrogens (tertiary/aromatic N) is 2. The molecule has 2 aliphatic heterocycles. The molecule has 2 heterocycles. The molecule has 0 aromatic rings. The first-order valence-electron chi connectivity index (χ1n) is 7.02. The summed E-state index contributed by atoms with van der Waals surface area (Å²) in [5.74, 6) is 0.203. The third-order valence-corrected chi connectivity index (χ3v) is 4.26. The number of amides is 1. The van der Waals surface area contributed by atoms with Crippen molar-refractivity contribution in [1.29, 1.82) is 0 Å². The Morgan fingerprint density at radius 3 is 2.78 bits per heavy atom. The SMILES string of the molecule is CCN1CCCC1CN(C)C(=O)C(C)=C1CNC1. The van der Waals surface area contributed by atoms with Crippen LogP contribution in [0.3, 0.4) is 0 Å². The predicted octanol–water partition coefficient (Wildman–Crippen LogP) is 0.849. The highest BCUT2D eigenvalue weighted by Gasteiger charge is 2.26.